The largest absolute Gasteiger partial charge is 0.326 e. The van der Waals surface area contributed by atoms with Crippen molar-refractivity contribution in [2.24, 2.45) is 5.73 Å². The molecule has 0 saturated carbocycles. The molecule has 0 bridgehead atoms. The molecule has 2 nitrogen and oxygen atoms in total. The Kier molecular flexibility index (Phi) is 3.92. The number of rotatable bonds is 3. The molecule has 0 aliphatic rings. The van der Waals surface area contributed by atoms with E-state index in [4.69, 9.17) is 17.3 Å². The number of fused-ring (bicyclic) bond motifs is 1. The molecule has 2 aromatic carbocycles. The molecule has 0 unspecified atom stereocenters. The molecule has 0 amide bonds. The van der Waals surface area contributed by atoms with Gasteiger partial charge in [0.25, 0.3) is 0 Å². The lowest BCUT2D eigenvalue weighted by Gasteiger charge is -2.07. The molecule has 0 spiro atoms. The van der Waals surface area contributed by atoms with Crippen LogP contribution in [-0.2, 0) is 6.54 Å². The van der Waals surface area contributed by atoms with E-state index in [0.717, 1.165) is 15.5 Å². The number of halogens is 1. The van der Waals surface area contributed by atoms with Crippen LogP contribution in [0.3, 0.4) is 0 Å². The Hall–Kier alpha value is -1.55. The van der Waals surface area contributed by atoms with E-state index in [2.05, 4.69) is 35.3 Å². The maximum atomic E-state index is 6.31. The Morgan fingerprint density at radius 2 is 1.85 bits per heavy atom. The number of pyridine rings is 1. The first kappa shape index (κ1) is 13.4. The molecular formula is C16H13ClN2S. The summed E-state index contributed by atoms with van der Waals surface area (Å²) in [5.74, 6) is 0. The molecule has 100 valence electrons. The van der Waals surface area contributed by atoms with Gasteiger partial charge in [-0.1, -0.05) is 53.7 Å². The molecule has 20 heavy (non-hydrogen) atoms. The Morgan fingerprint density at radius 3 is 2.65 bits per heavy atom. The predicted octanol–water partition coefficient (Wildman–Crippen LogP) is 4.50. The lowest BCUT2D eigenvalue weighted by Crippen LogP contribution is -1.98. The van der Waals surface area contributed by atoms with Gasteiger partial charge in [0.15, 0.2) is 0 Å². The summed E-state index contributed by atoms with van der Waals surface area (Å²) in [5, 5.41) is 3.88. The Bertz CT molecular complexity index is 758. The maximum absolute atomic E-state index is 6.31. The van der Waals surface area contributed by atoms with Gasteiger partial charge in [0.2, 0.25) is 0 Å². The fourth-order valence-electron chi connectivity index (χ4n) is 2.03. The minimum atomic E-state index is 0.423. The topological polar surface area (TPSA) is 38.9 Å². The van der Waals surface area contributed by atoms with Crippen LogP contribution >= 0.6 is 23.4 Å². The molecule has 0 aliphatic heterocycles. The maximum Gasteiger partial charge on any atom is 0.120 e. The van der Waals surface area contributed by atoms with Gasteiger partial charge in [-0.05, 0) is 34.5 Å². The zero-order chi connectivity index (χ0) is 13.9. The highest BCUT2D eigenvalue weighted by Gasteiger charge is 2.08. The van der Waals surface area contributed by atoms with Crippen molar-refractivity contribution in [3.8, 4) is 0 Å². The van der Waals surface area contributed by atoms with Gasteiger partial charge in [-0.25, -0.2) is 4.98 Å². The number of hydrogen-bond acceptors (Lipinski definition) is 3. The van der Waals surface area contributed by atoms with Gasteiger partial charge in [0, 0.05) is 17.6 Å². The summed E-state index contributed by atoms with van der Waals surface area (Å²) < 4.78 is 0. The third-order valence-electron chi connectivity index (χ3n) is 3.09. The number of hydrogen-bond donors (Lipinski definition) is 1. The van der Waals surface area contributed by atoms with Crippen molar-refractivity contribution in [1.82, 2.24) is 4.98 Å². The Balaban J connectivity index is 1.97. The highest BCUT2D eigenvalue weighted by molar-refractivity contribution is 7.99. The average Bonchev–Trinajstić information content (AvgIpc) is 2.49. The highest BCUT2D eigenvalue weighted by Crippen LogP contribution is 2.34. The molecule has 0 radical (unpaired) electrons. The van der Waals surface area contributed by atoms with Crippen LogP contribution in [0, 0.1) is 0 Å². The number of benzene rings is 2. The van der Waals surface area contributed by atoms with Gasteiger partial charge in [-0.15, -0.1) is 0 Å². The normalized spacial score (nSPS) is 10.9. The fourth-order valence-corrected chi connectivity index (χ4v) is 3.22. The first-order valence-electron chi connectivity index (χ1n) is 6.28. The summed E-state index contributed by atoms with van der Waals surface area (Å²) in [5.41, 5.74) is 6.59. The quantitative estimate of drug-likeness (QED) is 0.774. The second kappa shape index (κ2) is 5.83. The van der Waals surface area contributed by atoms with Crippen molar-refractivity contribution >= 4 is 34.1 Å². The van der Waals surface area contributed by atoms with Gasteiger partial charge < -0.3 is 5.73 Å². The number of nitrogens with zero attached hydrogens (tertiary/aromatic N) is 1. The standard InChI is InChI=1S/C16H13ClN2S/c17-15-13(10-18)7-8-19-16(15)20-14-6-5-11-3-1-2-4-12(11)9-14/h1-9H,10,18H2. The van der Waals surface area contributed by atoms with E-state index in [1.54, 1.807) is 18.0 Å². The van der Waals surface area contributed by atoms with Gasteiger partial charge >= 0.3 is 0 Å². The highest BCUT2D eigenvalue weighted by atomic mass is 35.5. The summed E-state index contributed by atoms with van der Waals surface area (Å²) in [6.45, 7) is 0.423. The Morgan fingerprint density at radius 1 is 1.05 bits per heavy atom. The van der Waals surface area contributed by atoms with Gasteiger partial charge in [-0.2, -0.15) is 0 Å². The van der Waals surface area contributed by atoms with Crippen LogP contribution in [-0.4, -0.2) is 4.98 Å². The zero-order valence-electron chi connectivity index (χ0n) is 10.7. The van der Waals surface area contributed by atoms with Crippen LogP contribution in [0.2, 0.25) is 5.02 Å². The van der Waals surface area contributed by atoms with E-state index >= 15 is 0 Å². The lowest BCUT2D eigenvalue weighted by molar-refractivity contribution is 1.02. The minimum Gasteiger partial charge on any atom is -0.326 e. The molecular weight excluding hydrogens is 288 g/mol. The third-order valence-corrected chi connectivity index (χ3v) is 4.62. The first-order valence-corrected chi connectivity index (χ1v) is 7.47. The van der Waals surface area contributed by atoms with Crippen LogP contribution in [0.4, 0.5) is 0 Å². The summed E-state index contributed by atoms with van der Waals surface area (Å²) in [4.78, 5) is 5.46. The molecule has 3 aromatic rings. The predicted molar refractivity (Wildman–Crippen MR) is 85.2 cm³/mol. The smallest absolute Gasteiger partial charge is 0.120 e. The van der Waals surface area contributed by atoms with Crippen molar-refractivity contribution in [3.05, 3.63) is 65.3 Å². The van der Waals surface area contributed by atoms with Crippen LogP contribution in [0.25, 0.3) is 10.8 Å². The molecule has 1 heterocycles. The van der Waals surface area contributed by atoms with E-state index in [1.807, 2.05) is 18.2 Å². The van der Waals surface area contributed by atoms with E-state index in [9.17, 15) is 0 Å². The molecule has 3 rings (SSSR count). The first-order chi connectivity index (χ1) is 9.78. The van der Waals surface area contributed by atoms with Crippen molar-refractivity contribution in [3.63, 3.8) is 0 Å². The summed E-state index contributed by atoms with van der Waals surface area (Å²) in [7, 11) is 0. The monoisotopic (exact) mass is 300 g/mol. The van der Waals surface area contributed by atoms with Gasteiger partial charge in [0.05, 0.1) is 5.02 Å². The molecule has 0 atom stereocenters. The SMILES string of the molecule is NCc1ccnc(Sc2ccc3ccccc3c2)c1Cl. The second-order valence-corrected chi connectivity index (χ2v) is 5.84. The molecule has 1 aromatic heterocycles. The third kappa shape index (κ3) is 2.66. The molecule has 2 N–H and O–H groups in total. The fraction of sp³-hybridized carbons (Fsp3) is 0.0625. The second-order valence-electron chi connectivity index (χ2n) is 4.40. The van der Waals surface area contributed by atoms with Gasteiger partial charge in [-0.3, -0.25) is 0 Å². The number of aromatic nitrogens is 1. The van der Waals surface area contributed by atoms with Crippen molar-refractivity contribution < 1.29 is 0 Å². The molecule has 0 saturated heterocycles. The molecule has 0 aliphatic carbocycles. The number of nitrogens with two attached hydrogens (primary N) is 1. The van der Waals surface area contributed by atoms with Crippen LogP contribution in [0.1, 0.15) is 5.56 Å². The summed E-state index contributed by atoms with van der Waals surface area (Å²) in [6.07, 6.45) is 1.75. The van der Waals surface area contributed by atoms with Crippen LogP contribution in [0.5, 0.6) is 0 Å². The average molecular weight is 301 g/mol. The van der Waals surface area contributed by atoms with Crippen LogP contribution < -0.4 is 5.73 Å². The van der Waals surface area contributed by atoms with E-state index in [1.165, 1.54) is 10.8 Å². The van der Waals surface area contributed by atoms with Crippen molar-refractivity contribution in [1.29, 1.82) is 0 Å². The minimum absolute atomic E-state index is 0.423. The van der Waals surface area contributed by atoms with Crippen LogP contribution in [0.15, 0.2) is 64.6 Å². The van der Waals surface area contributed by atoms with E-state index in [-0.39, 0.29) is 0 Å². The van der Waals surface area contributed by atoms with E-state index in [0.29, 0.717) is 11.6 Å². The van der Waals surface area contributed by atoms with E-state index < -0.39 is 0 Å². The lowest BCUT2D eigenvalue weighted by atomic mass is 10.1. The summed E-state index contributed by atoms with van der Waals surface area (Å²) >= 11 is 7.87. The molecule has 4 heteroatoms. The van der Waals surface area contributed by atoms with Crippen molar-refractivity contribution in [2.45, 2.75) is 16.5 Å². The summed E-state index contributed by atoms with van der Waals surface area (Å²) in [6, 6.07) is 16.5. The van der Waals surface area contributed by atoms with Gasteiger partial charge in [0.1, 0.15) is 5.03 Å². The molecule has 0 fully saturated rings. The Labute approximate surface area is 127 Å². The zero-order valence-corrected chi connectivity index (χ0v) is 12.3. The van der Waals surface area contributed by atoms with Crippen molar-refractivity contribution in [2.75, 3.05) is 0 Å².